The second-order valence-corrected chi connectivity index (χ2v) is 4.98. The van der Waals surface area contributed by atoms with E-state index in [1.54, 1.807) is 12.4 Å². The first-order valence-corrected chi connectivity index (χ1v) is 6.66. The molecule has 0 aromatic carbocycles. The summed E-state index contributed by atoms with van der Waals surface area (Å²) >= 11 is 2.84. The maximum atomic E-state index is 9.69. The largest absolute Gasteiger partial charge is 0.394 e. The number of aliphatic hydroxyl groups is 2. The molecule has 1 unspecified atom stereocenters. The Balaban J connectivity index is 2.03. The molecular formula is C9H12N4O2S2. The number of hydrogen-bond donors (Lipinski definition) is 4. The van der Waals surface area contributed by atoms with Gasteiger partial charge in [0.25, 0.3) is 0 Å². The van der Waals surface area contributed by atoms with E-state index in [9.17, 15) is 5.11 Å². The van der Waals surface area contributed by atoms with E-state index >= 15 is 0 Å². The summed E-state index contributed by atoms with van der Waals surface area (Å²) in [6, 6.07) is 0. The zero-order valence-corrected chi connectivity index (χ0v) is 10.4. The van der Waals surface area contributed by atoms with Gasteiger partial charge in [0.2, 0.25) is 0 Å². The summed E-state index contributed by atoms with van der Waals surface area (Å²) in [4.78, 5) is 8.12. The van der Waals surface area contributed by atoms with Gasteiger partial charge in [-0.1, -0.05) is 0 Å². The van der Waals surface area contributed by atoms with Crippen molar-refractivity contribution < 1.29 is 10.2 Å². The third-order valence-electron chi connectivity index (χ3n) is 1.99. The lowest BCUT2D eigenvalue weighted by Crippen LogP contribution is -2.42. The molecule has 0 aliphatic carbocycles. The molecule has 8 heteroatoms. The first-order valence-electron chi connectivity index (χ1n) is 4.90. The van der Waals surface area contributed by atoms with Crippen molar-refractivity contribution in [1.82, 2.24) is 9.97 Å². The van der Waals surface area contributed by atoms with Crippen molar-refractivity contribution in [3.63, 3.8) is 0 Å². The van der Waals surface area contributed by atoms with Gasteiger partial charge in [0.05, 0.1) is 6.61 Å². The molecule has 17 heavy (non-hydrogen) atoms. The Kier molecular flexibility index (Phi) is 4.26. The minimum atomic E-state index is -0.942. The summed E-state index contributed by atoms with van der Waals surface area (Å²) in [5.41, 5.74) is 0. The van der Waals surface area contributed by atoms with Gasteiger partial charge in [-0.25, -0.2) is 9.97 Å². The van der Waals surface area contributed by atoms with Gasteiger partial charge in [-0.05, 0) is 0 Å². The lowest BCUT2D eigenvalue weighted by atomic mass is 10.3. The number of nitrogens with zero attached hydrogens (tertiary/aromatic N) is 2. The second-order valence-electron chi connectivity index (χ2n) is 3.19. The van der Waals surface area contributed by atoms with E-state index in [0.29, 0.717) is 10.3 Å². The molecule has 2 heterocycles. The average Bonchev–Trinajstić information content (AvgIpc) is 3.00. The normalized spacial score (nSPS) is 12.6. The highest BCUT2D eigenvalue weighted by atomic mass is 32.1. The molecule has 0 radical (unpaired) electrons. The highest BCUT2D eigenvalue weighted by molar-refractivity contribution is 7.14. The Labute approximate surface area is 106 Å². The third kappa shape index (κ3) is 3.37. The molecule has 0 amide bonds. The van der Waals surface area contributed by atoms with Gasteiger partial charge < -0.3 is 20.8 Å². The van der Waals surface area contributed by atoms with E-state index in [4.69, 9.17) is 5.11 Å². The van der Waals surface area contributed by atoms with E-state index in [-0.39, 0.29) is 6.61 Å². The van der Waals surface area contributed by atoms with E-state index in [1.807, 2.05) is 10.8 Å². The van der Waals surface area contributed by atoms with E-state index in [0.717, 1.165) is 0 Å². The Bertz CT molecular complexity index is 384. The van der Waals surface area contributed by atoms with E-state index < -0.39 is 12.3 Å². The summed E-state index contributed by atoms with van der Waals surface area (Å²) in [7, 11) is 0. The van der Waals surface area contributed by atoms with Crippen LogP contribution in [0.2, 0.25) is 0 Å². The molecule has 0 aliphatic heterocycles. The highest BCUT2D eigenvalue weighted by Gasteiger charge is 2.19. The Morgan fingerprint density at radius 2 is 1.65 bits per heavy atom. The standard InChI is InChI=1S/C9H12N4O2S2/c14-5-6(15)7(12-8-10-1-3-16-8)13-9-11-2-4-17-9/h1-4,6-7,14-15H,5H2,(H,10,12)(H,11,13). The van der Waals surface area contributed by atoms with Gasteiger partial charge in [-0.2, -0.15) is 0 Å². The zero-order chi connectivity index (χ0) is 12.1. The summed E-state index contributed by atoms with van der Waals surface area (Å²) in [5.74, 6) is 0. The molecule has 0 saturated carbocycles. The SMILES string of the molecule is OCC(O)C(Nc1nccs1)Nc1nccs1. The van der Waals surface area contributed by atoms with E-state index in [2.05, 4.69) is 20.6 Å². The fourth-order valence-electron chi connectivity index (χ4n) is 1.19. The van der Waals surface area contributed by atoms with Crippen molar-refractivity contribution in [1.29, 1.82) is 0 Å². The molecular weight excluding hydrogens is 260 g/mol. The lowest BCUT2D eigenvalue weighted by Gasteiger charge is -2.23. The van der Waals surface area contributed by atoms with Crippen LogP contribution in [0, 0.1) is 0 Å². The maximum absolute atomic E-state index is 9.69. The summed E-state index contributed by atoms with van der Waals surface area (Å²) in [6.07, 6.45) is 1.86. The molecule has 0 bridgehead atoms. The van der Waals surface area contributed by atoms with Crippen LogP contribution < -0.4 is 10.6 Å². The summed E-state index contributed by atoms with van der Waals surface area (Å²) in [5, 5.41) is 29.7. The number of nitrogens with one attached hydrogen (secondary N) is 2. The van der Waals surface area contributed by atoms with Crippen molar-refractivity contribution in [3.8, 4) is 0 Å². The Morgan fingerprint density at radius 1 is 1.12 bits per heavy atom. The van der Waals surface area contributed by atoms with Crippen LogP contribution in [0.3, 0.4) is 0 Å². The van der Waals surface area contributed by atoms with Gasteiger partial charge in [0.15, 0.2) is 10.3 Å². The van der Waals surface area contributed by atoms with Crippen molar-refractivity contribution >= 4 is 32.9 Å². The molecule has 0 fully saturated rings. The van der Waals surface area contributed by atoms with Crippen molar-refractivity contribution in [2.24, 2.45) is 0 Å². The van der Waals surface area contributed by atoms with Crippen molar-refractivity contribution in [3.05, 3.63) is 23.2 Å². The quantitative estimate of drug-likeness (QED) is 0.582. The van der Waals surface area contributed by atoms with Gasteiger partial charge >= 0.3 is 0 Å². The smallest absolute Gasteiger partial charge is 0.184 e. The predicted octanol–water partition coefficient (Wildman–Crippen LogP) is 0.803. The summed E-state index contributed by atoms with van der Waals surface area (Å²) in [6.45, 7) is -0.346. The lowest BCUT2D eigenvalue weighted by molar-refractivity contribution is 0.0858. The monoisotopic (exact) mass is 272 g/mol. The van der Waals surface area contributed by atoms with Crippen LogP contribution in [0.4, 0.5) is 10.3 Å². The number of rotatable bonds is 6. The van der Waals surface area contributed by atoms with Gasteiger partial charge in [-0.3, -0.25) is 0 Å². The van der Waals surface area contributed by atoms with Gasteiger partial charge in [0, 0.05) is 23.2 Å². The molecule has 0 saturated heterocycles. The Hall–Kier alpha value is -1.22. The first kappa shape index (κ1) is 12.2. The molecule has 0 aliphatic rings. The van der Waals surface area contributed by atoms with Crippen molar-refractivity contribution in [2.45, 2.75) is 12.3 Å². The molecule has 2 aromatic heterocycles. The summed E-state index contributed by atoms with van der Waals surface area (Å²) < 4.78 is 0. The molecule has 4 N–H and O–H groups in total. The van der Waals surface area contributed by atoms with Crippen LogP contribution >= 0.6 is 22.7 Å². The van der Waals surface area contributed by atoms with Crippen LogP contribution in [0.25, 0.3) is 0 Å². The number of aliphatic hydroxyl groups excluding tert-OH is 2. The van der Waals surface area contributed by atoms with Crippen LogP contribution in [0.5, 0.6) is 0 Å². The number of hydrogen-bond acceptors (Lipinski definition) is 8. The number of anilines is 2. The van der Waals surface area contributed by atoms with Crippen LogP contribution in [0.1, 0.15) is 0 Å². The average molecular weight is 272 g/mol. The highest BCUT2D eigenvalue weighted by Crippen LogP contribution is 2.17. The molecule has 0 spiro atoms. The number of thiazole rings is 2. The minimum absolute atomic E-state index is 0.346. The zero-order valence-electron chi connectivity index (χ0n) is 8.78. The van der Waals surface area contributed by atoms with Crippen LogP contribution in [-0.2, 0) is 0 Å². The third-order valence-corrected chi connectivity index (χ3v) is 3.40. The molecule has 2 rings (SSSR count). The molecule has 2 aromatic rings. The van der Waals surface area contributed by atoms with Crippen LogP contribution in [0.15, 0.2) is 23.2 Å². The predicted molar refractivity (Wildman–Crippen MR) is 68.4 cm³/mol. The fourth-order valence-corrected chi connectivity index (χ4v) is 2.32. The van der Waals surface area contributed by atoms with E-state index in [1.165, 1.54) is 22.7 Å². The second kappa shape index (κ2) is 5.92. The van der Waals surface area contributed by atoms with Crippen LogP contribution in [-0.4, -0.2) is 39.1 Å². The topological polar surface area (TPSA) is 90.3 Å². The number of aromatic nitrogens is 2. The van der Waals surface area contributed by atoms with Gasteiger partial charge in [-0.15, -0.1) is 22.7 Å². The maximum Gasteiger partial charge on any atom is 0.184 e. The Morgan fingerprint density at radius 3 is 2.00 bits per heavy atom. The van der Waals surface area contributed by atoms with Gasteiger partial charge in [0.1, 0.15) is 12.3 Å². The molecule has 92 valence electrons. The van der Waals surface area contributed by atoms with Crippen molar-refractivity contribution in [2.75, 3.05) is 17.2 Å². The minimum Gasteiger partial charge on any atom is -0.394 e. The molecule has 1 atom stereocenters. The molecule has 6 nitrogen and oxygen atoms in total. The first-order chi connectivity index (χ1) is 8.29. The fraction of sp³-hybridized carbons (Fsp3) is 0.333.